The minimum atomic E-state index is -0.292. The smallest absolute Gasteiger partial charge is 0.260 e. The van der Waals surface area contributed by atoms with E-state index in [1.54, 1.807) is 41.3 Å². The van der Waals surface area contributed by atoms with Gasteiger partial charge >= 0.3 is 0 Å². The summed E-state index contributed by atoms with van der Waals surface area (Å²) < 4.78 is 18.7. The summed E-state index contributed by atoms with van der Waals surface area (Å²) in [6, 6.07) is 16.8. The van der Waals surface area contributed by atoms with Gasteiger partial charge in [0.25, 0.3) is 5.91 Å². The highest BCUT2D eigenvalue weighted by atomic mass is 19.1. The standard InChI is InChI=1S/C24H24FN5O3/c1-17(31)26-20-3-2-4-21(15-20)33-16-24(32)30-13-11-29(12-14-30)23-10-9-22(27-28-23)18-5-7-19(25)8-6-18/h2-10,15H,11-14,16H2,1H3,(H,26,31). The van der Waals surface area contributed by atoms with Gasteiger partial charge in [-0.25, -0.2) is 4.39 Å². The Bertz CT molecular complexity index is 1110. The van der Waals surface area contributed by atoms with Gasteiger partial charge in [0.05, 0.1) is 5.69 Å². The van der Waals surface area contributed by atoms with E-state index in [1.807, 2.05) is 12.1 Å². The number of nitrogens with one attached hydrogen (secondary N) is 1. The average Bonchev–Trinajstić information content (AvgIpc) is 2.83. The highest BCUT2D eigenvalue weighted by molar-refractivity contribution is 5.88. The number of piperazine rings is 1. The predicted molar refractivity (Wildman–Crippen MR) is 122 cm³/mol. The molecule has 0 radical (unpaired) electrons. The third-order valence-electron chi connectivity index (χ3n) is 5.26. The first-order valence-electron chi connectivity index (χ1n) is 10.6. The topological polar surface area (TPSA) is 87.7 Å². The Kier molecular flexibility index (Phi) is 6.77. The lowest BCUT2D eigenvalue weighted by Gasteiger charge is -2.35. The first-order chi connectivity index (χ1) is 16.0. The molecular formula is C24H24FN5O3. The van der Waals surface area contributed by atoms with Crippen LogP contribution in [0.4, 0.5) is 15.9 Å². The van der Waals surface area contributed by atoms with Crippen molar-refractivity contribution in [3.8, 4) is 17.0 Å². The van der Waals surface area contributed by atoms with Crippen LogP contribution in [0.2, 0.25) is 0 Å². The lowest BCUT2D eigenvalue weighted by molar-refractivity contribution is -0.133. The zero-order valence-electron chi connectivity index (χ0n) is 18.2. The van der Waals surface area contributed by atoms with E-state index in [9.17, 15) is 14.0 Å². The van der Waals surface area contributed by atoms with Crippen molar-refractivity contribution in [1.82, 2.24) is 15.1 Å². The molecule has 0 aliphatic carbocycles. The minimum Gasteiger partial charge on any atom is -0.484 e. The normalized spacial score (nSPS) is 13.5. The lowest BCUT2D eigenvalue weighted by Crippen LogP contribution is -2.50. The van der Waals surface area contributed by atoms with Gasteiger partial charge in [0.15, 0.2) is 12.4 Å². The molecule has 2 aromatic carbocycles. The van der Waals surface area contributed by atoms with Crippen LogP contribution in [0.1, 0.15) is 6.92 Å². The van der Waals surface area contributed by atoms with Gasteiger partial charge in [0.2, 0.25) is 5.91 Å². The molecule has 1 aliphatic heterocycles. The zero-order valence-corrected chi connectivity index (χ0v) is 18.2. The van der Waals surface area contributed by atoms with Crippen molar-refractivity contribution in [3.63, 3.8) is 0 Å². The van der Waals surface area contributed by atoms with Crippen molar-refractivity contribution in [3.05, 3.63) is 66.5 Å². The molecule has 0 spiro atoms. The Balaban J connectivity index is 1.27. The fraction of sp³-hybridized carbons (Fsp3) is 0.250. The summed E-state index contributed by atoms with van der Waals surface area (Å²) in [7, 11) is 0. The summed E-state index contributed by atoms with van der Waals surface area (Å²) >= 11 is 0. The molecule has 0 saturated carbocycles. The summed E-state index contributed by atoms with van der Waals surface area (Å²) in [5.74, 6) is 0.691. The van der Waals surface area contributed by atoms with Crippen molar-refractivity contribution in [1.29, 1.82) is 0 Å². The largest absolute Gasteiger partial charge is 0.484 e. The van der Waals surface area contributed by atoms with Crippen molar-refractivity contribution >= 4 is 23.3 Å². The number of benzene rings is 2. The van der Waals surface area contributed by atoms with E-state index >= 15 is 0 Å². The molecule has 1 fully saturated rings. The minimum absolute atomic E-state index is 0.0737. The van der Waals surface area contributed by atoms with Gasteiger partial charge in [-0.1, -0.05) is 6.07 Å². The fourth-order valence-electron chi connectivity index (χ4n) is 3.56. The number of aromatic nitrogens is 2. The molecule has 0 bridgehead atoms. The molecule has 1 saturated heterocycles. The number of carbonyl (C=O) groups is 2. The highest BCUT2D eigenvalue weighted by Gasteiger charge is 2.22. The molecule has 1 aromatic heterocycles. The quantitative estimate of drug-likeness (QED) is 0.623. The molecule has 8 nitrogen and oxygen atoms in total. The molecule has 1 aliphatic rings. The summed E-state index contributed by atoms with van der Waals surface area (Å²) in [6.45, 7) is 3.73. The Morgan fingerprint density at radius 1 is 1.00 bits per heavy atom. The van der Waals surface area contributed by atoms with Gasteiger partial charge in [-0.2, -0.15) is 0 Å². The van der Waals surface area contributed by atoms with Gasteiger partial charge < -0.3 is 19.9 Å². The van der Waals surface area contributed by atoms with Gasteiger partial charge in [0.1, 0.15) is 11.6 Å². The SMILES string of the molecule is CC(=O)Nc1cccc(OCC(=O)N2CCN(c3ccc(-c4ccc(F)cc4)nn3)CC2)c1. The van der Waals surface area contributed by atoms with Crippen LogP contribution in [0, 0.1) is 5.82 Å². The van der Waals surface area contributed by atoms with Crippen LogP contribution in [-0.4, -0.2) is 59.7 Å². The second-order valence-electron chi connectivity index (χ2n) is 7.65. The highest BCUT2D eigenvalue weighted by Crippen LogP contribution is 2.20. The second-order valence-corrected chi connectivity index (χ2v) is 7.65. The van der Waals surface area contributed by atoms with E-state index in [0.717, 1.165) is 11.4 Å². The Morgan fingerprint density at radius 2 is 1.76 bits per heavy atom. The maximum atomic E-state index is 13.1. The Labute approximate surface area is 191 Å². The number of nitrogens with zero attached hydrogens (tertiary/aromatic N) is 4. The molecule has 0 atom stereocenters. The fourth-order valence-corrected chi connectivity index (χ4v) is 3.56. The molecule has 2 heterocycles. The number of amides is 2. The number of anilines is 2. The monoisotopic (exact) mass is 449 g/mol. The summed E-state index contributed by atoms with van der Waals surface area (Å²) in [5.41, 5.74) is 2.09. The van der Waals surface area contributed by atoms with Crippen LogP contribution in [0.5, 0.6) is 5.75 Å². The predicted octanol–water partition coefficient (Wildman–Crippen LogP) is 2.97. The Hall–Kier alpha value is -4.01. The van der Waals surface area contributed by atoms with E-state index in [0.29, 0.717) is 43.3 Å². The molecule has 33 heavy (non-hydrogen) atoms. The second kappa shape index (κ2) is 10.1. The molecule has 1 N–H and O–H groups in total. The molecule has 2 amide bonds. The van der Waals surface area contributed by atoms with Crippen molar-refractivity contribution < 1.29 is 18.7 Å². The first-order valence-corrected chi connectivity index (χ1v) is 10.6. The van der Waals surface area contributed by atoms with Crippen molar-refractivity contribution in [2.45, 2.75) is 6.92 Å². The van der Waals surface area contributed by atoms with E-state index in [1.165, 1.54) is 19.1 Å². The summed E-state index contributed by atoms with van der Waals surface area (Å²) in [5, 5.41) is 11.2. The first kappa shape index (κ1) is 22.2. The van der Waals surface area contributed by atoms with Crippen LogP contribution >= 0.6 is 0 Å². The number of rotatable bonds is 6. The molecule has 3 aromatic rings. The van der Waals surface area contributed by atoms with Crippen LogP contribution in [-0.2, 0) is 9.59 Å². The lowest BCUT2D eigenvalue weighted by atomic mass is 10.1. The number of carbonyl (C=O) groups excluding carboxylic acids is 2. The van der Waals surface area contributed by atoms with E-state index in [-0.39, 0.29) is 24.2 Å². The van der Waals surface area contributed by atoms with Crippen LogP contribution < -0.4 is 15.0 Å². The number of halogens is 1. The molecule has 9 heteroatoms. The van der Waals surface area contributed by atoms with Gasteiger partial charge in [0, 0.05) is 50.4 Å². The molecule has 4 rings (SSSR count). The van der Waals surface area contributed by atoms with Gasteiger partial charge in [-0.05, 0) is 48.5 Å². The maximum absolute atomic E-state index is 13.1. The van der Waals surface area contributed by atoms with E-state index < -0.39 is 0 Å². The molecular weight excluding hydrogens is 425 g/mol. The number of ether oxygens (including phenoxy) is 1. The van der Waals surface area contributed by atoms with E-state index in [2.05, 4.69) is 20.4 Å². The Morgan fingerprint density at radius 3 is 2.42 bits per heavy atom. The molecule has 0 unspecified atom stereocenters. The summed E-state index contributed by atoms with van der Waals surface area (Å²) in [6.07, 6.45) is 0. The van der Waals surface area contributed by atoms with Gasteiger partial charge in [-0.3, -0.25) is 9.59 Å². The summed E-state index contributed by atoms with van der Waals surface area (Å²) in [4.78, 5) is 27.6. The van der Waals surface area contributed by atoms with Crippen LogP contribution in [0.15, 0.2) is 60.7 Å². The third kappa shape index (κ3) is 5.82. The number of hydrogen-bond acceptors (Lipinski definition) is 6. The maximum Gasteiger partial charge on any atom is 0.260 e. The van der Waals surface area contributed by atoms with E-state index in [4.69, 9.17) is 4.74 Å². The zero-order chi connectivity index (χ0) is 23.2. The molecule has 170 valence electrons. The van der Waals surface area contributed by atoms with Crippen LogP contribution in [0.25, 0.3) is 11.3 Å². The van der Waals surface area contributed by atoms with Crippen molar-refractivity contribution in [2.75, 3.05) is 43.0 Å². The van der Waals surface area contributed by atoms with Crippen molar-refractivity contribution in [2.24, 2.45) is 0 Å². The number of hydrogen-bond donors (Lipinski definition) is 1. The third-order valence-corrected chi connectivity index (χ3v) is 5.26. The van der Waals surface area contributed by atoms with Crippen LogP contribution in [0.3, 0.4) is 0 Å². The average molecular weight is 449 g/mol. The van der Waals surface area contributed by atoms with Gasteiger partial charge in [-0.15, -0.1) is 10.2 Å².